The fourth-order valence-electron chi connectivity index (χ4n) is 2.69. The molecule has 4 nitrogen and oxygen atoms in total. The SMILES string of the molecule is Cn1cc(CCCO)c2cc(C(C)(C)C)cc(C(=O)O)c21. The van der Waals surface area contributed by atoms with Crippen molar-refractivity contribution in [1.29, 1.82) is 0 Å². The molecule has 0 amide bonds. The number of fused-ring (bicyclic) bond motifs is 1. The number of aromatic carboxylic acids is 1. The number of aliphatic hydroxyl groups excluding tert-OH is 1. The minimum atomic E-state index is -0.902. The van der Waals surface area contributed by atoms with Crippen molar-refractivity contribution in [3.8, 4) is 0 Å². The van der Waals surface area contributed by atoms with Crippen LogP contribution in [0.5, 0.6) is 0 Å². The fourth-order valence-corrected chi connectivity index (χ4v) is 2.69. The number of carboxylic acid groups (broad SMARTS) is 1. The monoisotopic (exact) mass is 289 g/mol. The van der Waals surface area contributed by atoms with E-state index in [1.807, 2.05) is 17.8 Å². The minimum absolute atomic E-state index is 0.109. The van der Waals surface area contributed by atoms with Gasteiger partial charge in [0.25, 0.3) is 0 Å². The van der Waals surface area contributed by atoms with Crippen LogP contribution in [0.1, 0.15) is 48.7 Å². The van der Waals surface area contributed by atoms with Gasteiger partial charge in [-0.1, -0.05) is 20.8 Å². The van der Waals surface area contributed by atoms with Gasteiger partial charge in [-0.15, -0.1) is 0 Å². The average molecular weight is 289 g/mol. The lowest BCUT2D eigenvalue weighted by Crippen LogP contribution is -2.13. The molecule has 0 fully saturated rings. The second-order valence-electron chi connectivity index (χ2n) is 6.57. The van der Waals surface area contributed by atoms with Gasteiger partial charge in [0.1, 0.15) is 0 Å². The molecule has 2 aromatic rings. The van der Waals surface area contributed by atoms with E-state index in [0.29, 0.717) is 12.0 Å². The summed E-state index contributed by atoms with van der Waals surface area (Å²) in [7, 11) is 1.87. The Bertz CT molecular complexity index is 677. The first-order chi connectivity index (χ1) is 9.75. The molecule has 0 radical (unpaired) electrons. The first-order valence-corrected chi connectivity index (χ1v) is 7.22. The molecule has 0 saturated carbocycles. The summed E-state index contributed by atoms with van der Waals surface area (Å²) >= 11 is 0. The molecule has 1 aromatic carbocycles. The topological polar surface area (TPSA) is 62.5 Å². The Hall–Kier alpha value is -1.81. The van der Waals surface area contributed by atoms with Gasteiger partial charge in [0.15, 0.2) is 0 Å². The summed E-state index contributed by atoms with van der Waals surface area (Å²) in [4.78, 5) is 11.6. The molecule has 0 aliphatic carbocycles. The Morgan fingerprint density at radius 2 is 1.95 bits per heavy atom. The van der Waals surface area contributed by atoms with Gasteiger partial charge in [-0.2, -0.15) is 0 Å². The second kappa shape index (κ2) is 5.53. The van der Waals surface area contributed by atoms with Crippen LogP contribution >= 0.6 is 0 Å². The molecule has 0 atom stereocenters. The zero-order valence-corrected chi connectivity index (χ0v) is 13.1. The zero-order valence-electron chi connectivity index (χ0n) is 13.1. The Morgan fingerprint density at radius 1 is 1.29 bits per heavy atom. The highest BCUT2D eigenvalue weighted by Gasteiger charge is 2.21. The standard InChI is InChI=1S/C17H23NO3/c1-17(2,3)12-8-13-11(6-5-7-19)10-18(4)15(13)14(9-12)16(20)21/h8-10,19H,5-7H2,1-4H3,(H,20,21). The summed E-state index contributed by atoms with van der Waals surface area (Å²) in [5, 5.41) is 19.5. The summed E-state index contributed by atoms with van der Waals surface area (Å²) in [5.74, 6) is -0.902. The minimum Gasteiger partial charge on any atom is -0.478 e. The maximum Gasteiger partial charge on any atom is 0.337 e. The van der Waals surface area contributed by atoms with Crippen molar-refractivity contribution in [3.05, 3.63) is 35.0 Å². The lowest BCUT2D eigenvalue weighted by atomic mass is 9.84. The molecule has 0 bridgehead atoms. The highest BCUT2D eigenvalue weighted by atomic mass is 16.4. The largest absolute Gasteiger partial charge is 0.478 e. The molecule has 4 heteroatoms. The van der Waals surface area contributed by atoms with Gasteiger partial charge in [0.05, 0.1) is 11.1 Å². The first kappa shape index (κ1) is 15.6. The van der Waals surface area contributed by atoms with E-state index < -0.39 is 5.97 Å². The van der Waals surface area contributed by atoms with Gasteiger partial charge in [0.2, 0.25) is 0 Å². The number of aliphatic hydroxyl groups is 1. The molecule has 21 heavy (non-hydrogen) atoms. The van der Waals surface area contributed by atoms with Crippen molar-refractivity contribution in [2.45, 2.75) is 39.0 Å². The molecule has 2 N–H and O–H groups in total. The quantitative estimate of drug-likeness (QED) is 0.909. The molecule has 1 heterocycles. The number of carboxylic acids is 1. The first-order valence-electron chi connectivity index (χ1n) is 7.22. The van der Waals surface area contributed by atoms with E-state index in [-0.39, 0.29) is 12.0 Å². The lowest BCUT2D eigenvalue weighted by molar-refractivity contribution is 0.0698. The molecular formula is C17H23NO3. The number of hydrogen-bond acceptors (Lipinski definition) is 2. The third-order valence-electron chi connectivity index (χ3n) is 3.86. The predicted octanol–water partition coefficient (Wildman–Crippen LogP) is 3.10. The number of aryl methyl sites for hydroxylation is 2. The van der Waals surface area contributed by atoms with Crippen molar-refractivity contribution in [2.24, 2.45) is 7.05 Å². The number of benzene rings is 1. The predicted molar refractivity (Wildman–Crippen MR) is 84.0 cm³/mol. The maximum absolute atomic E-state index is 11.6. The van der Waals surface area contributed by atoms with Crippen LogP contribution in [0.2, 0.25) is 0 Å². The molecule has 0 unspecified atom stereocenters. The molecule has 0 aliphatic rings. The van der Waals surface area contributed by atoms with Crippen molar-refractivity contribution in [1.82, 2.24) is 4.57 Å². The summed E-state index contributed by atoms with van der Waals surface area (Å²) in [6.07, 6.45) is 3.40. The van der Waals surface area contributed by atoms with Crippen LogP contribution in [-0.2, 0) is 18.9 Å². The van der Waals surface area contributed by atoms with Crippen LogP contribution in [0.25, 0.3) is 10.9 Å². The van der Waals surface area contributed by atoms with Crippen molar-refractivity contribution >= 4 is 16.9 Å². The Labute approximate surface area is 125 Å². The molecule has 114 valence electrons. The molecule has 2 rings (SSSR count). The Balaban J connectivity index is 2.75. The molecule has 1 aromatic heterocycles. The van der Waals surface area contributed by atoms with Gasteiger partial charge >= 0.3 is 5.97 Å². The van der Waals surface area contributed by atoms with E-state index >= 15 is 0 Å². The highest BCUT2D eigenvalue weighted by Crippen LogP contribution is 2.32. The van der Waals surface area contributed by atoms with Crippen LogP contribution in [0.3, 0.4) is 0 Å². The third-order valence-corrected chi connectivity index (χ3v) is 3.86. The molecule has 0 spiro atoms. The summed E-state index contributed by atoms with van der Waals surface area (Å²) in [6, 6.07) is 3.87. The van der Waals surface area contributed by atoms with E-state index in [1.54, 1.807) is 6.07 Å². The summed E-state index contributed by atoms with van der Waals surface area (Å²) < 4.78 is 1.87. The lowest BCUT2D eigenvalue weighted by Gasteiger charge is -2.20. The number of rotatable bonds is 4. The van der Waals surface area contributed by atoms with Crippen molar-refractivity contribution in [3.63, 3.8) is 0 Å². The van der Waals surface area contributed by atoms with Gasteiger partial charge < -0.3 is 14.8 Å². The number of hydrogen-bond donors (Lipinski definition) is 2. The van der Waals surface area contributed by atoms with E-state index in [1.165, 1.54) is 0 Å². The Morgan fingerprint density at radius 3 is 2.48 bits per heavy atom. The van der Waals surface area contributed by atoms with Crippen LogP contribution in [0, 0.1) is 0 Å². The molecule has 0 saturated heterocycles. The van der Waals surface area contributed by atoms with Crippen LogP contribution < -0.4 is 0 Å². The van der Waals surface area contributed by atoms with Crippen LogP contribution in [0.15, 0.2) is 18.3 Å². The Kier molecular flexibility index (Phi) is 4.10. The maximum atomic E-state index is 11.6. The van der Waals surface area contributed by atoms with Crippen LogP contribution in [0.4, 0.5) is 0 Å². The average Bonchev–Trinajstić information content (AvgIpc) is 2.71. The molecule has 0 aliphatic heterocycles. The summed E-state index contributed by atoms with van der Waals surface area (Å²) in [5.41, 5.74) is 3.10. The van der Waals surface area contributed by atoms with E-state index in [4.69, 9.17) is 5.11 Å². The van der Waals surface area contributed by atoms with E-state index in [2.05, 4.69) is 26.8 Å². The fraction of sp³-hybridized carbons (Fsp3) is 0.471. The zero-order chi connectivity index (χ0) is 15.8. The smallest absolute Gasteiger partial charge is 0.337 e. The van der Waals surface area contributed by atoms with Crippen LogP contribution in [-0.4, -0.2) is 27.4 Å². The van der Waals surface area contributed by atoms with E-state index in [9.17, 15) is 9.90 Å². The summed E-state index contributed by atoms with van der Waals surface area (Å²) in [6.45, 7) is 6.38. The number of aromatic nitrogens is 1. The number of nitrogens with zero attached hydrogens (tertiary/aromatic N) is 1. The normalized spacial score (nSPS) is 12.0. The highest BCUT2D eigenvalue weighted by molar-refractivity contribution is 6.04. The molecular weight excluding hydrogens is 266 g/mol. The van der Waals surface area contributed by atoms with E-state index in [0.717, 1.165) is 28.5 Å². The van der Waals surface area contributed by atoms with Gasteiger partial charge in [0, 0.05) is 25.2 Å². The van der Waals surface area contributed by atoms with Crippen molar-refractivity contribution < 1.29 is 15.0 Å². The number of carbonyl (C=O) groups is 1. The second-order valence-corrected chi connectivity index (χ2v) is 6.57. The van der Waals surface area contributed by atoms with Gasteiger partial charge in [-0.25, -0.2) is 4.79 Å². The van der Waals surface area contributed by atoms with Gasteiger partial charge in [-0.3, -0.25) is 0 Å². The van der Waals surface area contributed by atoms with Crippen molar-refractivity contribution in [2.75, 3.05) is 6.61 Å². The third kappa shape index (κ3) is 2.95. The van der Waals surface area contributed by atoms with Gasteiger partial charge in [-0.05, 0) is 41.5 Å².